The summed E-state index contributed by atoms with van der Waals surface area (Å²) >= 11 is 0. The van der Waals surface area contributed by atoms with E-state index in [4.69, 9.17) is 15.0 Å². The van der Waals surface area contributed by atoms with Gasteiger partial charge in [-0.05, 0) is 51.7 Å². The number of carbonyl (C=O) groups excluding carboxylic acids is 1. The van der Waals surface area contributed by atoms with Gasteiger partial charge in [0, 0.05) is 19.1 Å². The van der Waals surface area contributed by atoms with Crippen LogP contribution in [0, 0.1) is 19.8 Å². The van der Waals surface area contributed by atoms with Gasteiger partial charge in [0.15, 0.2) is 0 Å². The second-order valence-electron chi connectivity index (χ2n) is 7.08. The number of carbonyl (C=O) groups is 1. The molecule has 2 heterocycles. The Bertz CT molecular complexity index is 742. The van der Waals surface area contributed by atoms with Gasteiger partial charge in [-0.3, -0.25) is 4.79 Å². The van der Waals surface area contributed by atoms with Crippen molar-refractivity contribution in [2.24, 2.45) is 11.7 Å². The Labute approximate surface area is 154 Å². The minimum absolute atomic E-state index is 0.0162. The number of aromatic nitrogens is 1. The predicted octanol–water partition coefficient (Wildman–Crippen LogP) is 3.07. The number of amides is 1. The maximum atomic E-state index is 13.0. The minimum atomic E-state index is 0.0162. The molecule has 1 fully saturated rings. The molecule has 2 N–H and O–H groups in total. The molecule has 0 saturated carbocycles. The van der Waals surface area contributed by atoms with E-state index >= 15 is 0 Å². The smallest absolute Gasteiger partial charge is 0.257 e. The lowest BCUT2D eigenvalue weighted by molar-refractivity contribution is 0.0676. The molecule has 0 aliphatic carbocycles. The third kappa shape index (κ3) is 3.90. The maximum absolute atomic E-state index is 13.0. The fourth-order valence-corrected chi connectivity index (χ4v) is 3.43. The van der Waals surface area contributed by atoms with Crippen molar-refractivity contribution in [3.05, 3.63) is 46.8 Å². The largest absolute Gasteiger partial charge is 0.488 e. The van der Waals surface area contributed by atoms with Crippen LogP contribution in [-0.4, -0.2) is 35.1 Å². The summed E-state index contributed by atoms with van der Waals surface area (Å²) in [5, 5.41) is 3.94. The third-order valence-corrected chi connectivity index (χ3v) is 5.24. The Morgan fingerprint density at radius 2 is 2.04 bits per heavy atom. The third-order valence-electron chi connectivity index (χ3n) is 5.24. The number of ether oxygens (including phenoxy) is 1. The first-order valence-electron chi connectivity index (χ1n) is 9.15. The Hall–Kier alpha value is -2.34. The molecule has 1 aromatic heterocycles. The van der Waals surface area contributed by atoms with Crippen LogP contribution in [0.15, 0.2) is 28.8 Å². The second-order valence-corrected chi connectivity index (χ2v) is 7.08. The first-order chi connectivity index (χ1) is 12.5. The highest BCUT2D eigenvalue weighted by Gasteiger charge is 2.27. The number of rotatable bonds is 5. The summed E-state index contributed by atoms with van der Waals surface area (Å²) in [6, 6.07) is 7.58. The number of benzene rings is 1. The van der Waals surface area contributed by atoms with Crippen molar-refractivity contribution in [3.63, 3.8) is 0 Å². The molecule has 1 saturated heterocycles. The van der Waals surface area contributed by atoms with Crippen LogP contribution in [0.4, 0.5) is 0 Å². The van der Waals surface area contributed by atoms with Gasteiger partial charge in [0.2, 0.25) is 0 Å². The molecule has 0 spiro atoms. The van der Waals surface area contributed by atoms with E-state index in [1.54, 1.807) is 0 Å². The Balaban J connectivity index is 1.70. The number of piperidine rings is 1. The normalized spacial score (nSPS) is 16.5. The zero-order valence-corrected chi connectivity index (χ0v) is 15.7. The lowest BCUT2D eigenvalue weighted by atomic mass is 9.90. The Kier molecular flexibility index (Phi) is 5.61. The van der Waals surface area contributed by atoms with Crippen molar-refractivity contribution in [1.29, 1.82) is 0 Å². The van der Waals surface area contributed by atoms with Crippen molar-refractivity contribution in [2.45, 2.75) is 46.3 Å². The van der Waals surface area contributed by atoms with E-state index < -0.39 is 0 Å². The van der Waals surface area contributed by atoms with Crippen molar-refractivity contribution >= 4 is 5.91 Å². The number of hydrogen-bond donors (Lipinski definition) is 1. The molecule has 1 amide bonds. The molecule has 140 valence electrons. The summed E-state index contributed by atoms with van der Waals surface area (Å²) in [4.78, 5) is 14.9. The highest BCUT2D eigenvalue weighted by Crippen LogP contribution is 2.26. The van der Waals surface area contributed by atoms with Crippen molar-refractivity contribution < 1.29 is 14.1 Å². The van der Waals surface area contributed by atoms with E-state index in [9.17, 15) is 4.79 Å². The van der Waals surface area contributed by atoms with Crippen LogP contribution in [0.1, 0.15) is 47.1 Å². The number of para-hydroxylation sites is 1. The van der Waals surface area contributed by atoms with Gasteiger partial charge < -0.3 is 19.9 Å². The number of hydrogen-bond acceptors (Lipinski definition) is 5. The van der Waals surface area contributed by atoms with Gasteiger partial charge in [-0.25, -0.2) is 0 Å². The summed E-state index contributed by atoms with van der Waals surface area (Å²) in [6.45, 7) is 7.60. The minimum Gasteiger partial charge on any atom is -0.488 e. The van der Waals surface area contributed by atoms with Gasteiger partial charge in [0.1, 0.15) is 18.1 Å². The van der Waals surface area contributed by atoms with E-state index in [1.807, 2.05) is 49.9 Å². The lowest BCUT2D eigenvalue weighted by Gasteiger charge is -2.34. The summed E-state index contributed by atoms with van der Waals surface area (Å²) in [6.07, 6.45) is 1.90. The molecule has 0 radical (unpaired) electrons. The Morgan fingerprint density at radius 1 is 1.35 bits per heavy atom. The van der Waals surface area contributed by atoms with Crippen LogP contribution >= 0.6 is 0 Å². The fraction of sp³-hybridized carbons (Fsp3) is 0.500. The van der Waals surface area contributed by atoms with Crippen molar-refractivity contribution in [3.8, 4) is 5.75 Å². The highest BCUT2D eigenvalue weighted by atomic mass is 16.5. The lowest BCUT2D eigenvalue weighted by Crippen LogP contribution is -2.42. The zero-order chi connectivity index (χ0) is 18.7. The molecule has 6 heteroatoms. The molecule has 1 unspecified atom stereocenters. The average Bonchev–Trinajstić information content (AvgIpc) is 2.97. The molecule has 1 aliphatic heterocycles. The monoisotopic (exact) mass is 357 g/mol. The van der Waals surface area contributed by atoms with Gasteiger partial charge in [-0.1, -0.05) is 17.3 Å². The molecular weight excluding hydrogens is 330 g/mol. The molecule has 0 bridgehead atoms. The summed E-state index contributed by atoms with van der Waals surface area (Å²) < 4.78 is 11.1. The van der Waals surface area contributed by atoms with Gasteiger partial charge in [-0.15, -0.1) is 0 Å². The summed E-state index contributed by atoms with van der Waals surface area (Å²) in [5.41, 5.74) is 8.32. The molecule has 1 atom stereocenters. The first-order valence-corrected chi connectivity index (χ1v) is 9.15. The molecule has 6 nitrogen and oxygen atoms in total. The summed E-state index contributed by atoms with van der Waals surface area (Å²) in [5.74, 6) is 1.84. The van der Waals surface area contributed by atoms with Crippen molar-refractivity contribution in [1.82, 2.24) is 10.1 Å². The maximum Gasteiger partial charge on any atom is 0.257 e. The van der Waals surface area contributed by atoms with Crippen LogP contribution < -0.4 is 10.5 Å². The van der Waals surface area contributed by atoms with E-state index in [2.05, 4.69) is 5.16 Å². The Morgan fingerprint density at radius 3 is 2.65 bits per heavy atom. The zero-order valence-electron chi connectivity index (χ0n) is 15.7. The van der Waals surface area contributed by atoms with E-state index in [0.717, 1.165) is 42.9 Å². The number of nitrogens with two attached hydrogens (primary N) is 1. The quantitative estimate of drug-likeness (QED) is 0.889. The van der Waals surface area contributed by atoms with E-state index in [0.29, 0.717) is 23.8 Å². The van der Waals surface area contributed by atoms with Crippen LogP contribution in [0.25, 0.3) is 0 Å². The van der Waals surface area contributed by atoms with E-state index in [1.165, 1.54) is 0 Å². The average molecular weight is 357 g/mol. The SMILES string of the molecule is Cc1noc(C)c1COc1ccccc1C(=O)N1CCC(C(C)N)CC1. The van der Waals surface area contributed by atoms with Crippen molar-refractivity contribution in [2.75, 3.05) is 13.1 Å². The number of aryl methyl sites for hydroxylation is 2. The molecule has 3 rings (SSSR count). The van der Waals surface area contributed by atoms with Crippen LogP contribution in [0.2, 0.25) is 0 Å². The van der Waals surface area contributed by atoms with Crippen LogP contribution in [-0.2, 0) is 6.61 Å². The van der Waals surface area contributed by atoms with Gasteiger partial charge in [0.25, 0.3) is 5.91 Å². The topological polar surface area (TPSA) is 81.6 Å². The highest BCUT2D eigenvalue weighted by molar-refractivity contribution is 5.97. The fourth-order valence-electron chi connectivity index (χ4n) is 3.43. The van der Waals surface area contributed by atoms with Gasteiger partial charge in [0.05, 0.1) is 16.8 Å². The summed E-state index contributed by atoms with van der Waals surface area (Å²) in [7, 11) is 0. The molecule has 26 heavy (non-hydrogen) atoms. The number of nitrogens with zero attached hydrogens (tertiary/aromatic N) is 2. The predicted molar refractivity (Wildman–Crippen MR) is 99.0 cm³/mol. The van der Waals surface area contributed by atoms with Crippen LogP contribution in [0.3, 0.4) is 0 Å². The standard InChI is InChI=1S/C20H27N3O3/c1-13(21)16-8-10-23(11-9-16)20(24)17-6-4-5-7-19(17)25-12-18-14(2)22-26-15(18)3/h4-7,13,16H,8-12,21H2,1-3H3. The van der Waals surface area contributed by atoms with Gasteiger partial charge in [-0.2, -0.15) is 0 Å². The molecular formula is C20H27N3O3. The second kappa shape index (κ2) is 7.91. The molecule has 1 aromatic carbocycles. The van der Waals surface area contributed by atoms with E-state index in [-0.39, 0.29) is 11.9 Å². The van der Waals surface area contributed by atoms with Crippen LogP contribution in [0.5, 0.6) is 5.75 Å². The number of likely N-dealkylation sites (tertiary alicyclic amines) is 1. The molecule has 1 aliphatic rings. The first kappa shape index (κ1) is 18.5. The molecule has 2 aromatic rings. The van der Waals surface area contributed by atoms with Gasteiger partial charge >= 0.3 is 0 Å².